The number of carbonyl (C=O) groups excluding carboxylic acids is 1. The molecule has 3 heteroatoms. The van der Waals surface area contributed by atoms with Gasteiger partial charge in [-0.25, -0.2) is 0 Å². The van der Waals surface area contributed by atoms with Gasteiger partial charge in [-0.05, 0) is 24.5 Å². The fraction of sp³-hybridized carbons (Fsp3) is 0.500. The summed E-state index contributed by atoms with van der Waals surface area (Å²) >= 11 is 0. The molecule has 0 aliphatic heterocycles. The molecule has 0 heterocycles. The van der Waals surface area contributed by atoms with Crippen LogP contribution in [0.3, 0.4) is 0 Å². The molecule has 0 spiro atoms. The molecule has 0 aliphatic rings. The highest BCUT2D eigenvalue weighted by Gasteiger charge is 2.08. The van der Waals surface area contributed by atoms with Crippen molar-refractivity contribution < 1.29 is 9.18 Å². The first-order chi connectivity index (χ1) is 8.22. The van der Waals surface area contributed by atoms with Gasteiger partial charge in [0.25, 0.3) is 0 Å². The second kappa shape index (κ2) is 7.82. The van der Waals surface area contributed by atoms with Crippen molar-refractivity contribution in [1.82, 2.24) is 0 Å². The van der Waals surface area contributed by atoms with Crippen molar-refractivity contribution in [2.75, 3.05) is 12.0 Å². The van der Waals surface area contributed by atoms with Gasteiger partial charge in [0, 0.05) is 12.1 Å². The molecular weight excluding hydrogens is 217 g/mol. The van der Waals surface area contributed by atoms with E-state index in [9.17, 15) is 9.18 Å². The average Bonchev–Trinajstić information content (AvgIpc) is 2.30. The van der Waals surface area contributed by atoms with Gasteiger partial charge in [-0.1, -0.05) is 38.0 Å². The molecule has 1 amide bonds. The number of anilines is 1. The molecule has 0 bridgehead atoms. The smallest absolute Gasteiger partial charge is 0.224 e. The van der Waals surface area contributed by atoms with E-state index in [1.807, 2.05) is 37.3 Å². The number of benzene rings is 1. The van der Waals surface area contributed by atoms with Crippen LogP contribution in [0.25, 0.3) is 0 Å². The molecule has 1 aromatic carbocycles. The van der Waals surface area contributed by atoms with E-state index < -0.39 is 0 Å². The van der Waals surface area contributed by atoms with E-state index in [2.05, 4.69) is 5.32 Å². The zero-order valence-electron chi connectivity index (χ0n) is 10.3. The summed E-state index contributed by atoms with van der Waals surface area (Å²) in [7, 11) is 0. The van der Waals surface area contributed by atoms with Crippen LogP contribution in [0.2, 0.25) is 0 Å². The molecule has 0 aliphatic carbocycles. The first kappa shape index (κ1) is 13.7. The molecule has 0 saturated heterocycles. The normalized spacial score (nSPS) is 12.1. The van der Waals surface area contributed by atoms with E-state index in [4.69, 9.17) is 0 Å². The average molecular weight is 237 g/mol. The highest BCUT2D eigenvalue weighted by atomic mass is 19.1. The molecule has 1 N–H and O–H groups in total. The summed E-state index contributed by atoms with van der Waals surface area (Å²) in [5, 5.41) is 2.85. The number of unbranched alkanes of at least 4 members (excludes halogenated alkanes) is 1. The van der Waals surface area contributed by atoms with Gasteiger partial charge >= 0.3 is 0 Å². The Balaban J connectivity index is 2.25. The Morgan fingerprint density at radius 2 is 2.00 bits per heavy atom. The second-order valence-corrected chi connectivity index (χ2v) is 4.41. The fourth-order valence-electron chi connectivity index (χ4n) is 1.74. The lowest BCUT2D eigenvalue weighted by Crippen LogP contribution is -2.15. The minimum Gasteiger partial charge on any atom is -0.326 e. The number of alkyl halides is 1. The molecule has 94 valence electrons. The third kappa shape index (κ3) is 6.05. The minimum atomic E-state index is -0.261. The molecule has 1 atom stereocenters. The van der Waals surface area contributed by atoms with Crippen LogP contribution < -0.4 is 5.32 Å². The number of hydrogen-bond donors (Lipinski definition) is 1. The molecule has 1 unspecified atom stereocenters. The lowest BCUT2D eigenvalue weighted by Gasteiger charge is -2.11. The maximum Gasteiger partial charge on any atom is 0.224 e. The van der Waals surface area contributed by atoms with Crippen LogP contribution in [0.4, 0.5) is 10.1 Å². The van der Waals surface area contributed by atoms with Gasteiger partial charge in [0.2, 0.25) is 5.91 Å². The molecule has 1 rings (SSSR count). The first-order valence-electron chi connectivity index (χ1n) is 6.13. The van der Waals surface area contributed by atoms with Crippen LogP contribution in [0, 0.1) is 5.92 Å². The number of amides is 1. The molecule has 2 nitrogen and oxygen atoms in total. The predicted molar refractivity (Wildman–Crippen MR) is 68.7 cm³/mol. The van der Waals surface area contributed by atoms with E-state index in [0.29, 0.717) is 18.8 Å². The first-order valence-corrected chi connectivity index (χ1v) is 6.13. The Morgan fingerprint density at radius 3 is 2.65 bits per heavy atom. The van der Waals surface area contributed by atoms with Crippen LogP contribution >= 0.6 is 0 Å². The van der Waals surface area contributed by atoms with Crippen molar-refractivity contribution >= 4 is 11.6 Å². The van der Waals surface area contributed by atoms with Gasteiger partial charge in [0.15, 0.2) is 0 Å². The molecule has 1 aromatic rings. The highest BCUT2D eigenvalue weighted by molar-refractivity contribution is 5.90. The van der Waals surface area contributed by atoms with E-state index in [-0.39, 0.29) is 12.6 Å². The number of halogens is 1. The van der Waals surface area contributed by atoms with Gasteiger partial charge in [0.05, 0.1) is 6.67 Å². The Bertz CT molecular complexity index is 326. The van der Waals surface area contributed by atoms with Gasteiger partial charge in [-0.2, -0.15) is 0 Å². The topological polar surface area (TPSA) is 29.1 Å². The largest absolute Gasteiger partial charge is 0.326 e. The van der Waals surface area contributed by atoms with Crippen molar-refractivity contribution in [2.45, 2.75) is 32.6 Å². The third-order valence-electron chi connectivity index (χ3n) is 2.67. The summed E-state index contributed by atoms with van der Waals surface area (Å²) in [6.45, 7) is 1.77. The van der Waals surface area contributed by atoms with E-state index in [1.54, 1.807) is 0 Å². The Kier molecular flexibility index (Phi) is 6.30. The van der Waals surface area contributed by atoms with E-state index >= 15 is 0 Å². The predicted octanol–water partition coefficient (Wildman–Crippen LogP) is 3.79. The molecular formula is C14H20FNO. The molecule has 0 saturated carbocycles. The number of rotatable bonds is 7. The summed E-state index contributed by atoms with van der Waals surface area (Å²) < 4.78 is 11.9. The van der Waals surface area contributed by atoms with Crippen LogP contribution in [0.15, 0.2) is 30.3 Å². The summed E-state index contributed by atoms with van der Waals surface area (Å²) in [6.07, 6.45) is 2.87. The van der Waals surface area contributed by atoms with Crippen molar-refractivity contribution in [2.24, 2.45) is 5.92 Å². The van der Waals surface area contributed by atoms with Gasteiger partial charge in [-0.3, -0.25) is 9.18 Å². The monoisotopic (exact) mass is 237 g/mol. The van der Waals surface area contributed by atoms with Crippen molar-refractivity contribution in [3.8, 4) is 0 Å². The number of nitrogens with one attached hydrogen (secondary N) is 1. The Hall–Kier alpha value is -1.38. The fourth-order valence-corrected chi connectivity index (χ4v) is 1.74. The van der Waals surface area contributed by atoms with E-state index in [0.717, 1.165) is 18.5 Å². The van der Waals surface area contributed by atoms with Crippen molar-refractivity contribution in [3.63, 3.8) is 0 Å². The zero-order chi connectivity index (χ0) is 12.5. The molecule has 17 heavy (non-hydrogen) atoms. The minimum absolute atomic E-state index is 0.0314. The third-order valence-corrected chi connectivity index (χ3v) is 2.67. The number of carbonyl (C=O) groups is 1. The van der Waals surface area contributed by atoms with Gasteiger partial charge < -0.3 is 5.32 Å². The van der Waals surface area contributed by atoms with E-state index in [1.165, 1.54) is 0 Å². The SMILES string of the molecule is CC(CCCCF)CC(=O)Nc1ccccc1. The quantitative estimate of drug-likeness (QED) is 0.718. The second-order valence-electron chi connectivity index (χ2n) is 4.41. The van der Waals surface area contributed by atoms with Crippen molar-refractivity contribution in [3.05, 3.63) is 30.3 Å². The Morgan fingerprint density at radius 1 is 1.29 bits per heavy atom. The highest BCUT2D eigenvalue weighted by Crippen LogP contribution is 2.14. The summed E-state index contributed by atoms with van der Waals surface area (Å²) in [4.78, 5) is 11.7. The maximum absolute atomic E-state index is 11.9. The number of hydrogen-bond acceptors (Lipinski definition) is 1. The lowest BCUT2D eigenvalue weighted by atomic mass is 10.0. The zero-order valence-corrected chi connectivity index (χ0v) is 10.3. The number of para-hydroxylation sites is 1. The summed E-state index contributed by atoms with van der Waals surface area (Å²) in [5.41, 5.74) is 0.827. The van der Waals surface area contributed by atoms with Crippen LogP contribution in [-0.2, 0) is 4.79 Å². The van der Waals surface area contributed by atoms with Crippen LogP contribution in [-0.4, -0.2) is 12.6 Å². The maximum atomic E-state index is 11.9. The van der Waals surface area contributed by atoms with Gasteiger partial charge in [-0.15, -0.1) is 0 Å². The lowest BCUT2D eigenvalue weighted by molar-refractivity contribution is -0.117. The van der Waals surface area contributed by atoms with Gasteiger partial charge in [0.1, 0.15) is 0 Å². The van der Waals surface area contributed by atoms with Crippen molar-refractivity contribution in [1.29, 1.82) is 0 Å². The summed E-state index contributed by atoms with van der Waals surface area (Å²) in [5.74, 6) is 0.342. The summed E-state index contributed by atoms with van der Waals surface area (Å²) in [6, 6.07) is 9.42. The molecule has 0 aromatic heterocycles. The van der Waals surface area contributed by atoms with Crippen LogP contribution in [0.1, 0.15) is 32.6 Å². The molecule has 0 radical (unpaired) electrons. The molecule has 0 fully saturated rings. The van der Waals surface area contributed by atoms with Crippen LogP contribution in [0.5, 0.6) is 0 Å². The Labute approximate surface area is 102 Å². The standard InChI is InChI=1S/C14H20FNO/c1-12(7-5-6-10-15)11-14(17)16-13-8-3-2-4-9-13/h2-4,8-9,12H,5-7,10-11H2,1H3,(H,16,17).